The van der Waals surface area contributed by atoms with Gasteiger partial charge in [0.2, 0.25) is 0 Å². The summed E-state index contributed by atoms with van der Waals surface area (Å²) in [6.45, 7) is 1.11. The van der Waals surface area contributed by atoms with Gasteiger partial charge in [0.05, 0.1) is 0 Å². The Kier molecular flexibility index (Phi) is 17.6. The third-order valence-electron chi connectivity index (χ3n) is 8.47. The van der Waals surface area contributed by atoms with Crippen LogP contribution in [0.1, 0.15) is 110 Å². The quantitative estimate of drug-likeness (QED) is 0.0628. The van der Waals surface area contributed by atoms with Crippen molar-refractivity contribution < 1.29 is 97.0 Å². The molecule has 0 N–H and O–H groups in total. The van der Waals surface area contributed by atoms with Gasteiger partial charge in [-0.15, -0.1) is 0 Å². The monoisotopic (exact) mass is 829 g/mol. The van der Waals surface area contributed by atoms with Crippen LogP contribution in [0.5, 0.6) is 0 Å². The Morgan fingerprint density at radius 2 is 0.585 bits per heavy atom. The highest BCUT2D eigenvalue weighted by molar-refractivity contribution is 5.84. The van der Waals surface area contributed by atoms with Crippen LogP contribution in [0.3, 0.4) is 0 Å². The number of hydrogen-bond acceptors (Lipinski definition) is 1. The topological polar surface area (TPSA) is 20.3 Å². The summed E-state index contributed by atoms with van der Waals surface area (Å²) in [5.74, 6) is -82.0. The van der Waals surface area contributed by atoms with Crippen molar-refractivity contribution in [2.45, 2.75) is 169 Å². The lowest BCUT2D eigenvalue weighted by molar-refractivity contribution is -0.473. The first kappa shape index (κ1) is 51.0. The molecular weight excluding hydrogens is 789 g/mol. The summed E-state index contributed by atoms with van der Waals surface area (Å²) in [5.41, 5.74) is 0. The van der Waals surface area contributed by atoms with Crippen molar-refractivity contribution in [3.8, 4) is 0 Å². The van der Waals surface area contributed by atoms with E-state index in [0.29, 0.717) is 19.3 Å². The average molecular weight is 830 g/mol. The van der Waals surface area contributed by atoms with Gasteiger partial charge in [-0.25, -0.2) is 0 Å². The molecular formula is C30H40F21NO. The summed E-state index contributed by atoms with van der Waals surface area (Å²) < 4.78 is 285. The minimum absolute atomic E-state index is 0.0827. The molecule has 53 heavy (non-hydrogen) atoms. The lowest BCUT2D eigenvalue weighted by Gasteiger charge is -2.44. The van der Waals surface area contributed by atoms with Crippen LogP contribution in [-0.4, -0.2) is 83.9 Å². The van der Waals surface area contributed by atoms with E-state index in [-0.39, 0.29) is 19.9 Å². The zero-order valence-corrected chi connectivity index (χ0v) is 28.3. The van der Waals surface area contributed by atoms with Gasteiger partial charge >= 0.3 is 59.5 Å². The molecule has 0 aliphatic carbocycles. The van der Waals surface area contributed by atoms with Crippen LogP contribution in [0.2, 0.25) is 0 Å². The second-order valence-corrected chi connectivity index (χ2v) is 12.7. The van der Waals surface area contributed by atoms with Crippen molar-refractivity contribution in [1.29, 1.82) is 0 Å². The number of unbranched alkanes of at least 4 members (excludes halogenated alkanes) is 15. The van der Waals surface area contributed by atoms with Crippen molar-refractivity contribution in [2.24, 2.45) is 0 Å². The molecule has 0 atom stereocenters. The number of carbonyl (C=O) groups excluding carboxylic acids is 1. The molecule has 0 aromatic heterocycles. The van der Waals surface area contributed by atoms with Gasteiger partial charge < -0.3 is 4.90 Å². The van der Waals surface area contributed by atoms with Gasteiger partial charge in [0.1, 0.15) is 0 Å². The van der Waals surface area contributed by atoms with Crippen LogP contribution < -0.4 is 0 Å². The van der Waals surface area contributed by atoms with Gasteiger partial charge in [-0.3, -0.25) is 4.79 Å². The molecule has 2 nitrogen and oxygen atoms in total. The third-order valence-corrected chi connectivity index (χ3v) is 8.47. The first-order valence-electron chi connectivity index (χ1n) is 16.4. The first-order valence-corrected chi connectivity index (χ1v) is 16.4. The lowest BCUT2D eigenvalue weighted by atomic mass is 9.86. The Morgan fingerprint density at radius 3 is 0.849 bits per heavy atom. The van der Waals surface area contributed by atoms with Gasteiger partial charge in [0.25, 0.3) is 5.91 Å². The molecule has 0 aliphatic rings. The summed E-state index contributed by atoms with van der Waals surface area (Å²) in [4.78, 5) is 11.4. The summed E-state index contributed by atoms with van der Waals surface area (Å²) in [6.07, 6.45) is 5.19. The lowest BCUT2D eigenvalue weighted by Crippen LogP contribution is -2.77. The fourth-order valence-corrected chi connectivity index (χ4v) is 4.93. The van der Waals surface area contributed by atoms with Crippen molar-refractivity contribution in [3.63, 3.8) is 0 Å². The molecule has 0 bridgehead atoms. The Balaban J connectivity index is 5.53. The fourth-order valence-electron chi connectivity index (χ4n) is 4.93. The van der Waals surface area contributed by atoms with E-state index in [1.165, 1.54) is 19.3 Å². The Bertz CT molecular complexity index is 1120. The highest BCUT2D eigenvalue weighted by Crippen LogP contribution is 2.66. The highest BCUT2D eigenvalue weighted by atomic mass is 19.4. The number of hydrogen-bond donors (Lipinski definition) is 0. The summed E-state index contributed by atoms with van der Waals surface area (Å²) in [7, 11) is 0.194. The molecule has 0 radical (unpaired) electrons. The van der Waals surface area contributed by atoms with Crippen LogP contribution in [0, 0.1) is 0 Å². The van der Waals surface area contributed by atoms with Gasteiger partial charge in [-0.1, -0.05) is 103 Å². The Morgan fingerprint density at radius 1 is 0.358 bits per heavy atom. The molecule has 0 aromatic rings. The van der Waals surface area contributed by atoms with E-state index in [1.54, 1.807) is 0 Å². The van der Waals surface area contributed by atoms with E-state index >= 15 is 0 Å². The molecule has 0 fully saturated rings. The zero-order valence-electron chi connectivity index (χ0n) is 28.3. The van der Waals surface area contributed by atoms with E-state index in [0.717, 1.165) is 51.4 Å². The van der Waals surface area contributed by atoms with E-state index < -0.39 is 76.8 Å². The smallest absolute Gasteiger partial charge is 0.340 e. The van der Waals surface area contributed by atoms with Crippen LogP contribution in [0.15, 0.2) is 0 Å². The summed E-state index contributed by atoms with van der Waals surface area (Å²) >= 11 is 0. The molecule has 1 amide bonds. The molecule has 0 unspecified atom stereocenters. The standard InChI is InChI=1S/C30H40F21NO/c1-3-4-5-6-7-8-9-10-11-12-13-14-15-16-17-18-19-52(2)20(53)21(31,32)22(33,34)23(35,36)24(37,38)25(39,40)26(41,42)27(43,44)28(45,46)29(47,48)30(49,50)51/h3-19H2,1-2H3. The van der Waals surface area contributed by atoms with Crippen LogP contribution in [-0.2, 0) is 4.79 Å². The first-order chi connectivity index (χ1) is 23.6. The molecule has 0 spiro atoms. The second-order valence-electron chi connectivity index (χ2n) is 12.7. The van der Waals surface area contributed by atoms with E-state index in [4.69, 9.17) is 0 Å². The maximum absolute atomic E-state index is 14.3. The predicted molar refractivity (Wildman–Crippen MR) is 148 cm³/mol. The number of alkyl halides is 21. The van der Waals surface area contributed by atoms with Gasteiger partial charge in [0, 0.05) is 13.6 Å². The zero-order chi connectivity index (χ0) is 42.2. The molecule has 0 rings (SSSR count). The largest absolute Gasteiger partial charge is 0.460 e. The van der Waals surface area contributed by atoms with E-state index in [1.807, 2.05) is 0 Å². The number of carbonyl (C=O) groups is 1. The molecule has 318 valence electrons. The number of nitrogens with zero attached hydrogens (tertiary/aromatic N) is 1. The minimum atomic E-state index is -9.25. The van der Waals surface area contributed by atoms with Crippen LogP contribution >= 0.6 is 0 Å². The SMILES string of the molecule is CCCCCCCCCCCCCCCCCCN(C)C(=O)C(F)(F)C(F)(F)C(F)(F)C(F)(F)C(F)(F)C(F)(F)C(F)(F)C(F)(F)C(F)(F)C(F)(F)F. The van der Waals surface area contributed by atoms with Crippen LogP contribution in [0.4, 0.5) is 92.2 Å². The molecule has 0 aromatic carbocycles. The fraction of sp³-hybridized carbons (Fsp3) is 0.967. The Hall–Kier alpha value is -2.00. The number of halogens is 21. The molecule has 23 heteroatoms. The maximum atomic E-state index is 14.3. The molecule has 0 aliphatic heterocycles. The van der Waals surface area contributed by atoms with Gasteiger partial charge in [-0.2, -0.15) is 92.2 Å². The Labute approximate surface area is 291 Å². The number of amides is 1. The molecule has 0 saturated heterocycles. The second kappa shape index (κ2) is 18.3. The molecule has 0 saturated carbocycles. The minimum Gasteiger partial charge on any atom is -0.340 e. The van der Waals surface area contributed by atoms with Gasteiger partial charge in [0.15, 0.2) is 0 Å². The number of rotatable bonds is 26. The maximum Gasteiger partial charge on any atom is 0.460 e. The van der Waals surface area contributed by atoms with Crippen LogP contribution in [0.25, 0.3) is 0 Å². The third kappa shape index (κ3) is 10.1. The van der Waals surface area contributed by atoms with Crippen molar-refractivity contribution in [3.05, 3.63) is 0 Å². The van der Waals surface area contributed by atoms with Crippen molar-refractivity contribution in [2.75, 3.05) is 13.6 Å². The molecule has 0 heterocycles. The van der Waals surface area contributed by atoms with E-state index in [2.05, 4.69) is 6.92 Å². The normalized spacial score (nSPS) is 14.9. The van der Waals surface area contributed by atoms with Gasteiger partial charge in [-0.05, 0) is 6.42 Å². The van der Waals surface area contributed by atoms with Crippen molar-refractivity contribution >= 4 is 5.91 Å². The average Bonchev–Trinajstić information content (AvgIpc) is 3.02. The summed E-state index contributed by atoms with van der Waals surface area (Å²) in [6, 6.07) is 0. The van der Waals surface area contributed by atoms with Crippen molar-refractivity contribution in [1.82, 2.24) is 4.90 Å². The van der Waals surface area contributed by atoms with E-state index in [9.17, 15) is 97.0 Å². The predicted octanol–water partition coefficient (Wildman–Crippen LogP) is 13.0. The highest BCUT2D eigenvalue weighted by Gasteiger charge is 2.98. The summed E-state index contributed by atoms with van der Waals surface area (Å²) in [5, 5.41) is 0.